The van der Waals surface area contributed by atoms with E-state index < -0.39 is 11.9 Å². The molecule has 1 aromatic carbocycles. The van der Waals surface area contributed by atoms with E-state index in [-0.39, 0.29) is 30.1 Å². The van der Waals surface area contributed by atoms with Crippen LogP contribution < -0.4 is 9.47 Å². The fraction of sp³-hybridized carbons (Fsp3) is 0.185. The Hall–Kier alpha value is -4.46. The SMILES string of the molecule is CCOc1cc(C(C=C(O)C=CCC=O)C=C(O)C=CCC=O)ccc1OC(=O)c1ccncc1. The maximum absolute atomic E-state index is 12.5. The monoisotopic (exact) mass is 477 g/mol. The molecule has 0 aliphatic rings. The van der Waals surface area contributed by atoms with Gasteiger partial charge >= 0.3 is 5.97 Å². The molecule has 0 atom stereocenters. The van der Waals surface area contributed by atoms with Gasteiger partial charge in [0, 0.05) is 31.2 Å². The first-order valence-electron chi connectivity index (χ1n) is 10.9. The van der Waals surface area contributed by atoms with Crippen molar-refractivity contribution in [1.82, 2.24) is 4.98 Å². The fourth-order valence-corrected chi connectivity index (χ4v) is 2.94. The fourth-order valence-electron chi connectivity index (χ4n) is 2.94. The molecule has 0 aliphatic carbocycles. The van der Waals surface area contributed by atoms with Crippen LogP contribution in [0.4, 0.5) is 0 Å². The first kappa shape index (κ1) is 26.8. The van der Waals surface area contributed by atoms with Crippen molar-refractivity contribution in [2.45, 2.75) is 25.7 Å². The Balaban J connectivity index is 2.43. The number of carbonyl (C=O) groups excluding carboxylic acids is 3. The van der Waals surface area contributed by atoms with Gasteiger partial charge in [0.1, 0.15) is 24.1 Å². The van der Waals surface area contributed by atoms with Gasteiger partial charge in [0.25, 0.3) is 0 Å². The van der Waals surface area contributed by atoms with Gasteiger partial charge in [-0.15, -0.1) is 0 Å². The number of ether oxygens (including phenoxy) is 2. The molecule has 0 amide bonds. The average Bonchev–Trinajstić information content (AvgIpc) is 2.85. The van der Waals surface area contributed by atoms with E-state index in [1.807, 2.05) is 0 Å². The van der Waals surface area contributed by atoms with Crippen molar-refractivity contribution in [3.8, 4) is 11.5 Å². The standard InChI is InChI=1S/C27H27NO7/c1-2-34-26-19-21(9-10-25(26)35-27(33)20-11-13-28-14-12-20)22(17-23(31)7-3-5-15-29)18-24(32)8-4-6-16-30/h3-4,7-19,22,31-32H,2,5-6H2,1H3. The Kier molecular flexibility index (Phi) is 11.2. The molecule has 2 aromatic rings. The summed E-state index contributed by atoms with van der Waals surface area (Å²) >= 11 is 0. The number of aliphatic hydroxyl groups is 2. The number of aldehydes is 2. The summed E-state index contributed by atoms with van der Waals surface area (Å²) in [4.78, 5) is 37.4. The zero-order chi connectivity index (χ0) is 25.5. The Labute approximate surface area is 203 Å². The number of hydrogen-bond donors (Lipinski definition) is 2. The lowest BCUT2D eigenvalue weighted by Crippen LogP contribution is -2.10. The smallest absolute Gasteiger partial charge is 0.343 e. The normalized spacial score (nSPS) is 13.1. The molecule has 0 saturated carbocycles. The third kappa shape index (κ3) is 9.13. The number of carbonyl (C=O) groups is 3. The minimum Gasteiger partial charge on any atom is -0.508 e. The number of aliphatic hydroxyl groups excluding tert-OH is 2. The number of pyridine rings is 1. The Morgan fingerprint density at radius 1 is 0.943 bits per heavy atom. The molecule has 2 rings (SSSR count). The number of nitrogens with zero attached hydrogens (tertiary/aromatic N) is 1. The second-order valence-corrected chi connectivity index (χ2v) is 7.08. The van der Waals surface area contributed by atoms with Gasteiger partial charge in [0.2, 0.25) is 0 Å². The summed E-state index contributed by atoms with van der Waals surface area (Å²) in [7, 11) is 0. The molecule has 0 radical (unpaired) electrons. The van der Waals surface area contributed by atoms with Gasteiger partial charge in [-0.1, -0.05) is 18.2 Å². The van der Waals surface area contributed by atoms with E-state index in [1.54, 1.807) is 25.1 Å². The molecule has 0 aliphatic heterocycles. The van der Waals surface area contributed by atoms with Crippen LogP contribution in [0.5, 0.6) is 11.5 Å². The molecule has 0 saturated heterocycles. The Bertz CT molecular complexity index is 1080. The second kappa shape index (κ2) is 14.6. The predicted octanol–water partition coefficient (Wildman–Crippen LogP) is 4.96. The molecule has 182 valence electrons. The van der Waals surface area contributed by atoms with Crippen molar-refractivity contribution < 1.29 is 34.1 Å². The van der Waals surface area contributed by atoms with Gasteiger partial charge in [-0.25, -0.2) is 4.79 Å². The minimum absolute atomic E-state index is 0.121. The Morgan fingerprint density at radius 3 is 2.09 bits per heavy atom. The lowest BCUT2D eigenvalue weighted by Gasteiger charge is -2.15. The maximum Gasteiger partial charge on any atom is 0.343 e. The summed E-state index contributed by atoms with van der Waals surface area (Å²) in [6.45, 7) is 2.09. The summed E-state index contributed by atoms with van der Waals surface area (Å²) in [6, 6.07) is 7.93. The number of benzene rings is 1. The molecule has 0 unspecified atom stereocenters. The van der Waals surface area contributed by atoms with Gasteiger partial charge in [-0.2, -0.15) is 0 Å². The van der Waals surface area contributed by atoms with Crippen LogP contribution >= 0.6 is 0 Å². The highest BCUT2D eigenvalue weighted by Crippen LogP contribution is 2.33. The van der Waals surface area contributed by atoms with E-state index in [4.69, 9.17) is 9.47 Å². The first-order chi connectivity index (χ1) is 17.0. The third-order valence-corrected chi connectivity index (χ3v) is 4.51. The van der Waals surface area contributed by atoms with Gasteiger partial charge in [-0.3, -0.25) is 4.98 Å². The predicted molar refractivity (Wildman–Crippen MR) is 131 cm³/mol. The zero-order valence-electron chi connectivity index (χ0n) is 19.2. The highest BCUT2D eigenvalue weighted by atomic mass is 16.6. The molecule has 8 nitrogen and oxygen atoms in total. The van der Waals surface area contributed by atoms with Crippen LogP contribution in [0.1, 0.15) is 41.6 Å². The quantitative estimate of drug-likeness (QED) is 0.136. The molecule has 0 fully saturated rings. The van der Waals surface area contributed by atoms with Crippen LogP contribution in [-0.2, 0) is 9.59 Å². The molecular formula is C27H27NO7. The van der Waals surface area contributed by atoms with E-state index in [1.165, 1.54) is 61.0 Å². The van der Waals surface area contributed by atoms with E-state index >= 15 is 0 Å². The van der Waals surface area contributed by atoms with E-state index in [2.05, 4.69) is 4.98 Å². The molecular weight excluding hydrogens is 450 g/mol. The second-order valence-electron chi connectivity index (χ2n) is 7.08. The molecule has 1 aromatic heterocycles. The number of rotatable bonds is 13. The topological polar surface area (TPSA) is 123 Å². The van der Waals surface area contributed by atoms with Crippen LogP contribution in [0.15, 0.2) is 90.7 Å². The lowest BCUT2D eigenvalue weighted by atomic mass is 9.96. The third-order valence-electron chi connectivity index (χ3n) is 4.51. The zero-order valence-corrected chi connectivity index (χ0v) is 19.2. The number of esters is 1. The number of aromatic nitrogens is 1. The highest BCUT2D eigenvalue weighted by Gasteiger charge is 2.16. The van der Waals surface area contributed by atoms with Crippen molar-refractivity contribution in [2.75, 3.05) is 6.61 Å². The molecule has 1 heterocycles. The first-order valence-corrected chi connectivity index (χ1v) is 10.9. The van der Waals surface area contributed by atoms with E-state index in [9.17, 15) is 24.6 Å². The lowest BCUT2D eigenvalue weighted by molar-refractivity contribution is -0.107. The summed E-state index contributed by atoms with van der Waals surface area (Å²) in [5.74, 6) is -0.942. The molecule has 0 bridgehead atoms. The number of allylic oxidation sites excluding steroid dienone is 6. The van der Waals surface area contributed by atoms with Crippen LogP contribution in [0.3, 0.4) is 0 Å². The van der Waals surface area contributed by atoms with Crippen LogP contribution in [-0.4, -0.2) is 40.3 Å². The Morgan fingerprint density at radius 2 is 1.54 bits per heavy atom. The largest absolute Gasteiger partial charge is 0.508 e. The maximum atomic E-state index is 12.5. The van der Waals surface area contributed by atoms with E-state index in [0.717, 1.165) is 0 Å². The molecule has 2 N–H and O–H groups in total. The molecule has 35 heavy (non-hydrogen) atoms. The van der Waals surface area contributed by atoms with Gasteiger partial charge < -0.3 is 29.3 Å². The summed E-state index contributed by atoms with van der Waals surface area (Å²) in [5, 5.41) is 20.6. The van der Waals surface area contributed by atoms with Gasteiger partial charge in [-0.05, 0) is 61.1 Å². The summed E-state index contributed by atoms with van der Waals surface area (Å²) < 4.78 is 11.2. The van der Waals surface area contributed by atoms with E-state index in [0.29, 0.717) is 36.1 Å². The van der Waals surface area contributed by atoms with Crippen molar-refractivity contribution in [1.29, 1.82) is 0 Å². The average molecular weight is 478 g/mol. The van der Waals surface area contributed by atoms with Crippen LogP contribution in [0, 0.1) is 0 Å². The van der Waals surface area contributed by atoms with Crippen molar-refractivity contribution >= 4 is 18.5 Å². The minimum atomic E-state index is -0.624. The summed E-state index contributed by atoms with van der Waals surface area (Å²) in [5.41, 5.74) is 0.942. The van der Waals surface area contributed by atoms with Crippen LogP contribution in [0.25, 0.3) is 0 Å². The van der Waals surface area contributed by atoms with Crippen molar-refractivity contribution in [2.24, 2.45) is 0 Å². The van der Waals surface area contributed by atoms with Gasteiger partial charge in [0.15, 0.2) is 11.5 Å². The van der Waals surface area contributed by atoms with Crippen molar-refractivity contribution in [3.05, 3.63) is 102 Å². The van der Waals surface area contributed by atoms with Crippen molar-refractivity contribution in [3.63, 3.8) is 0 Å². The summed E-state index contributed by atoms with van der Waals surface area (Å²) in [6.07, 6.45) is 13.3. The van der Waals surface area contributed by atoms with Crippen LogP contribution in [0.2, 0.25) is 0 Å². The number of hydrogen-bond acceptors (Lipinski definition) is 8. The van der Waals surface area contributed by atoms with Gasteiger partial charge in [0.05, 0.1) is 12.2 Å². The molecule has 0 spiro atoms. The molecule has 8 heteroatoms. The highest BCUT2D eigenvalue weighted by molar-refractivity contribution is 5.91.